The van der Waals surface area contributed by atoms with Crippen LogP contribution in [-0.4, -0.2) is 33.8 Å². The number of carbonyl (C=O) groups is 1. The summed E-state index contributed by atoms with van der Waals surface area (Å²) in [5, 5.41) is 0. The molecule has 20 heavy (non-hydrogen) atoms. The Morgan fingerprint density at radius 2 is 2.15 bits per heavy atom. The van der Waals surface area contributed by atoms with Crippen LogP contribution < -0.4 is 5.56 Å². The molecule has 0 N–H and O–H groups in total. The quantitative estimate of drug-likeness (QED) is 0.848. The molecule has 0 saturated heterocycles. The smallest absolute Gasteiger partial charge is 0.253 e. The van der Waals surface area contributed by atoms with Gasteiger partial charge < -0.3 is 4.90 Å². The molecule has 0 bridgehead atoms. The molecule has 0 saturated carbocycles. The maximum atomic E-state index is 12.4. The van der Waals surface area contributed by atoms with E-state index in [0.29, 0.717) is 5.56 Å². The third kappa shape index (κ3) is 3.12. The van der Waals surface area contributed by atoms with E-state index in [0.717, 1.165) is 6.92 Å². The van der Waals surface area contributed by atoms with Gasteiger partial charge in [0.1, 0.15) is 0 Å². The van der Waals surface area contributed by atoms with Gasteiger partial charge in [-0.2, -0.15) is 0 Å². The van der Waals surface area contributed by atoms with Crippen LogP contribution in [0.2, 0.25) is 0 Å². The molecule has 5 nitrogen and oxygen atoms in total. The van der Waals surface area contributed by atoms with Crippen LogP contribution in [0.15, 0.2) is 47.7 Å². The van der Waals surface area contributed by atoms with Crippen molar-refractivity contribution in [2.24, 2.45) is 0 Å². The lowest BCUT2D eigenvalue weighted by atomic mass is 10.1. The second-order valence-corrected chi connectivity index (χ2v) is 4.11. The Hall–Kier alpha value is -2.43. The molecule has 0 spiro atoms. The van der Waals surface area contributed by atoms with Crippen LogP contribution in [0.5, 0.6) is 0 Å². The van der Waals surface area contributed by atoms with Crippen molar-refractivity contribution in [3.8, 4) is 0 Å². The number of carbonyl (C=O) groups excluding carboxylic acids is 1. The summed E-state index contributed by atoms with van der Waals surface area (Å²) in [5.74, 6) is -0.933. The van der Waals surface area contributed by atoms with Crippen molar-refractivity contribution in [1.82, 2.24) is 14.5 Å². The van der Waals surface area contributed by atoms with Crippen LogP contribution in [0, 0.1) is 0 Å². The van der Waals surface area contributed by atoms with E-state index in [2.05, 4.69) is 4.98 Å². The van der Waals surface area contributed by atoms with Gasteiger partial charge >= 0.3 is 0 Å². The fourth-order valence-corrected chi connectivity index (χ4v) is 1.68. The van der Waals surface area contributed by atoms with Crippen molar-refractivity contribution < 1.29 is 11.6 Å². The Morgan fingerprint density at radius 3 is 2.75 bits per heavy atom. The molecule has 1 heterocycles. The van der Waals surface area contributed by atoms with Crippen molar-refractivity contribution >= 4 is 5.91 Å². The topological polar surface area (TPSA) is 55.2 Å². The SMILES string of the molecule is [2H]C([2H])([2H])N(C(=O)c1ccc(Cn2cnccc2=O)cc1)C([2H])([2H])C. The van der Waals surface area contributed by atoms with Crippen molar-refractivity contribution in [3.05, 3.63) is 64.3 Å². The van der Waals surface area contributed by atoms with Gasteiger partial charge in [0.15, 0.2) is 0 Å². The molecule has 0 unspecified atom stereocenters. The standard InChI is InChI=1S/C15H17N3O2/c1-3-17(2)15(20)13-6-4-12(5-7-13)10-18-11-16-9-8-14(18)19/h4-9,11H,3,10H2,1-2H3/i2D3,3D2. The minimum Gasteiger partial charge on any atom is -0.342 e. The monoisotopic (exact) mass is 276 g/mol. The maximum absolute atomic E-state index is 12.4. The van der Waals surface area contributed by atoms with Crippen LogP contribution in [0.3, 0.4) is 0 Å². The summed E-state index contributed by atoms with van der Waals surface area (Å²) >= 11 is 0. The molecule has 0 aliphatic carbocycles. The normalized spacial score (nSPS) is 15.3. The van der Waals surface area contributed by atoms with E-state index in [9.17, 15) is 9.59 Å². The van der Waals surface area contributed by atoms with E-state index >= 15 is 0 Å². The van der Waals surface area contributed by atoms with Crippen molar-refractivity contribution in [1.29, 1.82) is 0 Å². The number of hydrogen-bond acceptors (Lipinski definition) is 3. The van der Waals surface area contributed by atoms with Crippen molar-refractivity contribution in [2.75, 3.05) is 13.5 Å². The molecule has 2 aromatic rings. The number of rotatable bonds is 4. The van der Waals surface area contributed by atoms with Gasteiger partial charge in [-0.25, -0.2) is 4.98 Å². The minimum absolute atomic E-state index is 0.0455. The zero-order valence-corrected chi connectivity index (χ0v) is 10.9. The first-order valence-corrected chi connectivity index (χ1v) is 5.94. The van der Waals surface area contributed by atoms with Crippen molar-refractivity contribution in [2.45, 2.75) is 13.5 Å². The summed E-state index contributed by atoms with van der Waals surface area (Å²) in [6.45, 7) is -3.99. The van der Waals surface area contributed by atoms with E-state index in [1.807, 2.05) is 0 Å². The number of benzene rings is 1. The van der Waals surface area contributed by atoms with E-state index in [1.54, 1.807) is 12.1 Å². The zero-order chi connectivity index (χ0) is 18.8. The third-order valence-electron chi connectivity index (χ3n) is 2.77. The van der Waals surface area contributed by atoms with Gasteiger partial charge in [0.05, 0.1) is 12.9 Å². The molecule has 2 rings (SSSR count). The summed E-state index contributed by atoms with van der Waals surface area (Å²) < 4.78 is 38.8. The molecule has 1 aromatic heterocycles. The summed E-state index contributed by atoms with van der Waals surface area (Å²) in [4.78, 5) is 28.2. The lowest BCUT2D eigenvalue weighted by Gasteiger charge is -2.14. The van der Waals surface area contributed by atoms with E-state index < -0.39 is 19.4 Å². The minimum atomic E-state index is -2.91. The van der Waals surface area contributed by atoms with Gasteiger partial charge in [0.2, 0.25) is 0 Å². The number of aromatic nitrogens is 2. The Morgan fingerprint density at radius 1 is 1.40 bits per heavy atom. The van der Waals surface area contributed by atoms with E-state index in [-0.39, 0.29) is 22.6 Å². The Kier molecular flexibility index (Phi) is 2.67. The van der Waals surface area contributed by atoms with E-state index in [4.69, 9.17) is 6.85 Å². The molecular weight excluding hydrogens is 254 g/mol. The van der Waals surface area contributed by atoms with Gasteiger partial charge in [-0.15, -0.1) is 0 Å². The highest BCUT2D eigenvalue weighted by molar-refractivity contribution is 5.94. The van der Waals surface area contributed by atoms with Gasteiger partial charge in [-0.05, 0) is 24.6 Å². The average molecular weight is 276 g/mol. The van der Waals surface area contributed by atoms with E-state index in [1.165, 1.54) is 35.3 Å². The Labute approximate surface area is 124 Å². The summed E-state index contributed by atoms with van der Waals surface area (Å²) in [5.41, 5.74) is 0.540. The van der Waals surface area contributed by atoms with Gasteiger partial charge in [0, 0.05) is 38.2 Å². The first-order chi connectivity index (χ1) is 11.5. The fourth-order valence-electron chi connectivity index (χ4n) is 1.68. The van der Waals surface area contributed by atoms with Gasteiger partial charge in [0.25, 0.3) is 11.5 Å². The summed E-state index contributed by atoms with van der Waals surface area (Å²) in [6, 6.07) is 7.30. The van der Waals surface area contributed by atoms with Gasteiger partial charge in [-0.1, -0.05) is 12.1 Å². The second kappa shape index (κ2) is 6.14. The zero-order valence-electron chi connectivity index (χ0n) is 15.9. The molecule has 0 aliphatic heterocycles. The Bertz CT molecular complexity index is 795. The molecule has 1 amide bonds. The fraction of sp³-hybridized carbons (Fsp3) is 0.267. The predicted molar refractivity (Wildman–Crippen MR) is 76.7 cm³/mol. The highest BCUT2D eigenvalue weighted by Gasteiger charge is 2.09. The first-order valence-electron chi connectivity index (χ1n) is 8.44. The summed E-state index contributed by atoms with van der Waals surface area (Å²) in [7, 11) is 0. The molecule has 5 heteroatoms. The second-order valence-electron chi connectivity index (χ2n) is 4.11. The number of nitrogens with zero attached hydrogens (tertiary/aromatic N) is 3. The Balaban J connectivity index is 2.25. The molecule has 0 fully saturated rings. The first kappa shape index (κ1) is 8.68. The highest BCUT2D eigenvalue weighted by Crippen LogP contribution is 2.07. The van der Waals surface area contributed by atoms with Crippen LogP contribution >= 0.6 is 0 Å². The van der Waals surface area contributed by atoms with Gasteiger partial charge in [-0.3, -0.25) is 14.2 Å². The van der Waals surface area contributed by atoms with Crippen LogP contribution in [0.4, 0.5) is 0 Å². The lowest BCUT2D eigenvalue weighted by molar-refractivity contribution is 0.0802. The van der Waals surface area contributed by atoms with Crippen LogP contribution in [-0.2, 0) is 6.54 Å². The van der Waals surface area contributed by atoms with Crippen LogP contribution in [0.25, 0.3) is 0 Å². The molecule has 1 aromatic carbocycles. The highest BCUT2D eigenvalue weighted by atomic mass is 16.2. The molecule has 0 radical (unpaired) electrons. The molecule has 104 valence electrons. The molecular formula is C15H17N3O2. The molecule has 0 aliphatic rings. The lowest BCUT2D eigenvalue weighted by Crippen LogP contribution is -2.26. The molecule has 0 atom stereocenters. The average Bonchev–Trinajstić information content (AvgIpc) is 2.47. The maximum Gasteiger partial charge on any atom is 0.253 e. The number of hydrogen-bond donors (Lipinski definition) is 0. The number of amides is 1. The predicted octanol–water partition coefficient (Wildman–Crippen LogP) is 1.38. The van der Waals surface area contributed by atoms with Crippen LogP contribution in [0.1, 0.15) is 29.7 Å². The summed E-state index contributed by atoms with van der Waals surface area (Å²) in [6.07, 6.45) is 2.78. The third-order valence-corrected chi connectivity index (χ3v) is 2.77. The largest absolute Gasteiger partial charge is 0.342 e. The van der Waals surface area contributed by atoms with Crippen molar-refractivity contribution in [3.63, 3.8) is 0 Å².